The van der Waals surface area contributed by atoms with E-state index in [1.54, 1.807) is 6.08 Å². The summed E-state index contributed by atoms with van der Waals surface area (Å²) in [7, 11) is 0. The highest BCUT2D eigenvalue weighted by Crippen LogP contribution is 2.32. The molecule has 0 spiro atoms. The summed E-state index contributed by atoms with van der Waals surface area (Å²) >= 11 is 0. The molecule has 1 aromatic carbocycles. The maximum Gasteiger partial charge on any atom is 0.244 e. The van der Waals surface area contributed by atoms with Crippen LogP contribution in [0.25, 0.3) is 6.08 Å². The molecule has 0 atom stereocenters. The van der Waals surface area contributed by atoms with Crippen molar-refractivity contribution in [3.8, 4) is 11.5 Å². The van der Waals surface area contributed by atoms with Gasteiger partial charge in [-0.05, 0) is 42.8 Å². The lowest BCUT2D eigenvalue weighted by Crippen LogP contribution is -2.23. The number of carbonyl (C=O) groups is 1. The molecule has 1 amide bonds. The van der Waals surface area contributed by atoms with Crippen molar-refractivity contribution < 1.29 is 18.7 Å². The van der Waals surface area contributed by atoms with Crippen LogP contribution in [0.4, 0.5) is 0 Å². The van der Waals surface area contributed by atoms with Crippen LogP contribution in [-0.4, -0.2) is 19.2 Å². The SMILES string of the molecule is Cc1ccc(CCNC(=O)/C=C/c2ccc3c(c2)OCO3)o1. The standard InChI is InChI=1S/C17H17NO4/c1-12-2-5-14(22-12)8-9-18-17(19)7-4-13-3-6-15-16(10-13)21-11-20-15/h2-7,10H,8-9,11H2,1H3,(H,18,19)/b7-4+. The fourth-order valence-electron chi connectivity index (χ4n) is 2.18. The normalized spacial score (nSPS) is 12.8. The van der Waals surface area contributed by atoms with Gasteiger partial charge in [0.25, 0.3) is 0 Å². The topological polar surface area (TPSA) is 60.7 Å². The van der Waals surface area contributed by atoms with E-state index in [1.807, 2.05) is 37.3 Å². The van der Waals surface area contributed by atoms with Gasteiger partial charge in [0.05, 0.1) is 0 Å². The lowest BCUT2D eigenvalue weighted by molar-refractivity contribution is -0.116. The molecule has 3 rings (SSSR count). The molecule has 1 N–H and O–H groups in total. The van der Waals surface area contributed by atoms with Crippen molar-refractivity contribution in [2.24, 2.45) is 0 Å². The Balaban J connectivity index is 1.48. The fourth-order valence-corrected chi connectivity index (χ4v) is 2.18. The van der Waals surface area contributed by atoms with Gasteiger partial charge in [-0.2, -0.15) is 0 Å². The zero-order chi connectivity index (χ0) is 15.4. The van der Waals surface area contributed by atoms with E-state index in [9.17, 15) is 4.79 Å². The largest absolute Gasteiger partial charge is 0.466 e. The molecule has 0 saturated carbocycles. The molecule has 1 aliphatic heterocycles. The van der Waals surface area contributed by atoms with Gasteiger partial charge < -0.3 is 19.2 Å². The Morgan fingerprint density at radius 3 is 2.91 bits per heavy atom. The van der Waals surface area contributed by atoms with Crippen LogP contribution in [0.3, 0.4) is 0 Å². The molecule has 0 aliphatic carbocycles. The monoisotopic (exact) mass is 299 g/mol. The minimum atomic E-state index is -0.138. The van der Waals surface area contributed by atoms with E-state index in [1.165, 1.54) is 6.08 Å². The summed E-state index contributed by atoms with van der Waals surface area (Å²) < 4.78 is 16.0. The quantitative estimate of drug-likeness (QED) is 0.862. The number of aryl methyl sites for hydroxylation is 1. The first-order chi connectivity index (χ1) is 10.7. The van der Waals surface area contributed by atoms with Crippen LogP contribution >= 0.6 is 0 Å². The van der Waals surface area contributed by atoms with Gasteiger partial charge in [0, 0.05) is 19.0 Å². The third kappa shape index (κ3) is 3.49. The first-order valence-corrected chi connectivity index (χ1v) is 7.11. The second-order valence-electron chi connectivity index (χ2n) is 5.00. The number of rotatable bonds is 5. The van der Waals surface area contributed by atoms with Crippen molar-refractivity contribution in [2.45, 2.75) is 13.3 Å². The Bertz CT molecular complexity index is 702. The molecule has 1 aromatic heterocycles. The minimum Gasteiger partial charge on any atom is -0.466 e. The Labute approximate surface area is 128 Å². The summed E-state index contributed by atoms with van der Waals surface area (Å²) in [6, 6.07) is 9.39. The Morgan fingerprint density at radius 1 is 1.23 bits per heavy atom. The van der Waals surface area contributed by atoms with Gasteiger partial charge in [-0.15, -0.1) is 0 Å². The van der Waals surface area contributed by atoms with Crippen molar-refractivity contribution in [2.75, 3.05) is 13.3 Å². The van der Waals surface area contributed by atoms with Crippen LogP contribution in [0.5, 0.6) is 11.5 Å². The third-order valence-corrected chi connectivity index (χ3v) is 3.29. The molecule has 5 nitrogen and oxygen atoms in total. The van der Waals surface area contributed by atoms with Crippen LogP contribution < -0.4 is 14.8 Å². The van der Waals surface area contributed by atoms with Crippen molar-refractivity contribution in [3.05, 3.63) is 53.5 Å². The number of nitrogens with one attached hydrogen (secondary N) is 1. The molecule has 0 unspecified atom stereocenters. The lowest BCUT2D eigenvalue weighted by atomic mass is 10.2. The van der Waals surface area contributed by atoms with E-state index in [2.05, 4.69) is 5.32 Å². The van der Waals surface area contributed by atoms with Crippen LogP contribution in [0.1, 0.15) is 17.1 Å². The minimum absolute atomic E-state index is 0.138. The molecule has 1 aliphatic rings. The van der Waals surface area contributed by atoms with Crippen LogP contribution in [-0.2, 0) is 11.2 Å². The number of ether oxygens (including phenoxy) is 2. The van der Waals surface area contributed by atoms with Gasteiger partial charge in [-0.25, -0.2) is 0 Å². The fraction of sp³-hybridized carbons (Fsp3) is 0.235. The number of amides is 1. The van der Waals surface area contributed by atoms with Gasteiger partial charge in [0.2, 0.25) is 12.7 Å². The maximum absolute atomic E-state index is 11.8. The number of benzene rings is 1. The zero-order valence-corrected chi connectivity index (χ0v) is 12.3. The van der Waals surface area contributed by atoms with Gasteiger partial charge in [-0.1, -0.05) is 6.07 Å². The highest BCUT2D eigenvalue weighted by atomic mass is 16.7. The predicted octanol–water partition coefficient (Wildman–Crippen LogP) is 2.69. The predicted molar refractivity (Wildman–Crippen MR) is 81.8 cm³/mol. The molecule has 0 fully saturated rings. The highest BCUT2D eigenvalue weighted by molar-refractivity contribution is 5.91. The van der Waals surface area contributed by atoms with E-state index >= 15 is 0 Å². The van der Waals surface area contributed by atoms with Crippen LogP contribution in [0.2, 0.25) is 0 Å². The molecule has 22 heavy (non-hydrogen) atoms. The molecular formula is C17H17NO4. The highest BCUT2D eigenvalue weighted by Gasteiger charge is 2.12. The van der Waals surface area contributed by atoms with Crippen LogP contribution in [0.15, 0.2) is 40.8 Å². The second-order valence-corrected chi connectivity index (χ2v) is 5.00. The average Bonchev–Trinajstić information content (AvgIpc) is 3.13. The first kappa shape index (κ1) is 14.3. The summed E-state index contributed by atoms with van der Waals surface area (Å²) in [5.74, 6) is 3.05. The van der Waals surface area contributed by atoms with E-state index in [-0.39, 0.29) is 12.7 Å². The number of hydrogen-bond donors (Lipinski definition) is 1. The number of carbonyl (C=O) groups excluding carboxylic acids is 1. The molecule has 5 heteroatoms. The van der Waals surface area contributed by atoms with Crippen molar-refractivity contribution in [3.63, 3.8) is 0 Å². The van der Waals surface area contributed by atoms with Gasteiger partial charge in [0.1, 0.15) is 11.5 Å². The van der Waals surface area contributed by atoms with E-state index in [0.29, 0.717) is 18.7 Å². The molecule has 2 aromatic rings. The number of furan rings is 1. The Morgan fingerprint density at radius 2 is 2.09 bits per heavy atom. The smallest absolute Gasteiger partial charge is 0.244 e. The van der Waals surface area contributed by atoms with Crippen molar-refractivity contribution in [1.82, 2.24) is 5.32 Å². The van der Waals surface area contributed by atoms with Crippen molar-refractivity contribution >= 4 is 12.0 Å². The third-order valence-electron chi connectivity index (χ3n) is 3.29. The van der Waals surface area contributed by atoms with E-state index in [0.717, 1.165) is 22.8 Å². The van der Waals surface area contributed by atoms with Crippen LogP contribution in [0, 0.1) is 6.92 Å². The van der Waals surface area contributed by atoms with Gasteiger partial charge in [-0.3, -0.25) is 4.79 Å². The summed E-state index contributed by atoms with van der Waals surface area (Å²) in [6.45, 7) is 2.68. The zero-order valence-electron chi connectivity index (χ0n) is 12.3. The number of hydrogen-bond acceptors (Lipinski definition) is 4. The Hall–Kier alpha value is -2.69. The molecule has 0 saturated heterocycles. The van der Waals surface area contributed by atoms with Crippen molar-refractivity contribution in [1.29, 1.82) is 0 Å². The average molecular weight is 299 g/mol. The lowest BCUT2D eigenvalue weighted by Gasteiger charge is -2.00. The molecule has 0 radical (unpaired) electrons. The molecule has 2 heterocycles. The number of fused-ring (bicyclic) bond motifs is 1. The summed E-state index contributed by atoms with van der Waals surface area (Å²) in [5, 5.41) is 2.82. The van der Waals surface area contributed by atoms with Gasteiger partial charge in [0.15, 0.2) is 11.5 Å². The van der Waals surface area contributed by atoms with Gasteiger partial charge >= 0.3 is 0 Å². The molecular weight excluding hydrogens is 282 g/mol. The molecule has 0 bridgehead atoms. The summed E-state index contributed by atoms with van der Waals surface area (Å²) in [5.41, 5.74) is 0.890. The summed E-state index contributed by atoms with van der Waals surface area (Å²) in [4.78, 5) is 11.8. The Kier molecular flexibility index (Phi) is 4.14. The summed E-state index contributed by atoms with van der Waals surface area (Å²) in [6.07, 6.45) is 3.93. The molecule has 114 valence electrons. The first-order valence-electron chi connectivity index (χ1n) is 7.11. The maximum atomic E-state index is 11.8. The van der Waals surface area contributed by atoms with E-state index in [4.69, 9.17) is 13.9 Å². The van der Waals surface area contributed by atoms with E-state index < -0.39 is 0 Å². The second kappa shape index (κ2) is 6.39.